The van der Waals surface area contributed by atoms with Crippen LogP contribution in [0.5, 0.6) is 0 Å². The van der Waals surface area contributed by atoms with E-state index in [-0.39, 0.29) is 11.9 Å². The van der Waals surface area contributed by atoms with Gasteiger partial charge in [-0.15, -0.1) is 0 Å². The summed E-state index contributed by atoms with van der Waals surface area (Å²) in [6, 6.07) is 11.3. The maximum Gasteiger partial charge on any atom is 0.244 e. The Morgan fingerprint density at radius 1 is 1.31 bits per heavy atom. The van der Waals surface area contributed by atoms with Crippen molar-refractivity contribution in [1.82, 2.24) is 10.2 Å². The Morgan fingerprint density at radius 2 is 2.12 bits per heavy atom. The fourth-order valence-corrected chi connectivity index (χ4v) is 3.17. The van der Waals surface area contributed by atoms with Crippen LogP contribution in [0.25, 0.3) is 6.08 Å². The number of carbonyl (C=O) groups is 1. The lowest BCUT2D eigenvalue weighted by Gasteiger charge is -2.33. The molecule has 0 radical (unpaired) electrons. The van der Waals surface area contributed by atoms with Crippen LogP contribution in [0.3, 0.4) is 0 Å². The third-order valence-corrected chi connectivity index (χ3v) is 4.56. The number of rotatable bonds is 6. The first kappa shape index (κ1) is 18.7. The van der Waals surface area contributed by atoms with Gasteiger partial charge in [-0.2, -0.15) is 0 Å². The molecule has 0 bridgehead atoms. The van der Waals surface area contributed by atoms with Gasteiger partial charge in [0.15, 0.2) is 0 Å². The predicted octanol–water partition coefficient (Wildman–Crippen LogP) is 3.44. The molecule has 1 saturated heterocycles. The van der Waals surface area contributed by atoms with Gasteiger partial charge >= 0.3 is 0 Å². The Bertz CT molecular complexity index is 766. The first-order chi connectivity index (χ1) is 12.6. The molecule has 1 amide bonds. The summed E-state index contributed by atoms with van der Waals surface area (Å²) < 4.78 is 11.2. The van der Waals surface area contributed by atoms with Crippen LogP contribution in [-0.2, 0) is 9.53 Å². The van der Waals surface area contributed by atoms with Gasteiger partial charge in [0, 0.05) is 30.7 Å². The third kappa shape index (κ3) is 5.21. The number of carbonyl (C=O) groups excluding carboxylic acids is 1. The van der Waals surface area contributed by atoms with Crippen molar-refractivity contribution in [3.05, 3.63) is 64.6 Å². The van der Waals surface area contributed by atoms with Crippen LogP contribution in [0.2, 0.25) is 5.02 Å². The molecule has 0 aliphatic carbocycles. The van der Waals surface area contributed by atoms with E-state index in [0.717, 1.165) is 30.2 Å². The van der Waals surface area contributed by atoms with Crippen molar-refractivity contribution < 1.29 is 13.9 Å². The second-order valence-corrected chi connectivity index (χ2v) is 6.68. The Hall–Kier alpha value is -2.08. The average molecular weight is 375 g/mol. The molecule has 1 atom stereocenters. The molecule has 0 saturated carbocycles. The number of ether oxygens (including phenoxy) is 1. The zero-order valence-corrected chi connectivity index (χ0v) is 15.5. The third-order valence-electron chi connectivity index (χ3n) is 4.32. The zero-order valence-electron chi connectivity index (χ0n) is 14.8. The van der Waals surface area contributed by atoms with Crippen molar-refractivity contribution in [2.24, 2.45) is 0 Å². The Morgan fingerprint density at radius 3 is 2.81 bits per heavy atom. The van der Waals surface area contributed by atoms with Gasteiger partial charge in [-0.1, -0.05) is 23.7 Å². The zero-order chi connectivity index (χ0) is 18.4. The number of hydrogen-bond donors (Lipinski definition) is 1. The second-order valence-electron chi connectivity index (χ2n) is 6.25. The minimum atomic E-state index is -0.147. The van der Waals surface area contributed by atoms with Crippen molar-refractivity contribution >= 4 is 23.6 Å². The maximum atomic E-state index is 12.2. The number of aryl methyl sites for hydroxylation is 1. The Balaban J connectivity index is 1.62. The van der Waals surface area contributed by atoms with Crippen LogP contribution in [0, 0.1) is 6.92 Å². The van der Waals surface area contributed by atoms with Gasteiger partial charge in [-0.05, 0) is 42.8 Å². The van der Waals surface area contributed by atoms with Crippen molar-refractivity contribution in [2.45, 2.75) is 13.0 Å². The summed E-state index contributed by atoms with van der Waals surface area (Å²) in [5.74, 6) is 1.58. The van der Waals surface area contributed by atoms with E-state index in [0.29, 0.717) is 24.8 Å². The van der Waals surface area contributed by atoms with Crippen LogP contribution >= 0.6 is 11.6 Å². The highest BCUT2D eigenvalue weighted by Gasteiger charge is 2.25. The fourth-order valence-electron chi connectivity index (χ4n) is 2.97. The number of hydrogen-bond acceptors (Lipinski definition) is 4. The van der Waals surface area contributed by atoms with E-state index in [1.807, 2.05) is 37.3 Å². The summed E-state index contributed by atoms with van der Waals surface area (Å²) in [7, 11) is 0. The molecule has 1 N–H and O–H groups in total. The SMILES string of the molecule is Cc1ccc(C(CNC(=O)/C=C/c2cccc(Cl)c2)N2CCOCC2)o1. The standard InChI is InChI=1S/C20H23ClN2O3/c1-15-5-7-19(26-15)18(23-9-11-25-12-10-23)14-22-20(24)8-6-16-3-2-4-17(21)13-16/h2-8,13,18H,9-12,14H2,1H3,(H,22,24)/b8-6+. The van der Waals surface area contributed by atoms with Crippen LogP contribution < -0.4 is 5.32 Å². The van der Waals surface area contributed by atoms with E-state index in [4.69, 9.17) is 20.8 Å². The molecule has 26 heavy (non-hydrogen) atoms. The van der Waals surface area contributed by atoms with Crippen LogP contribution in [0.15, 0.2) is 46.9 Å². The maximum absolute atomic E-state index is 12.2. The molecule has 3 rings (SSSR count). The monoisotopic (exact) mass is 374 g/mol. The molecule has 1 aliphatic heterocycles. The summed E-state index contributed by atoms with van der Waals surface area (Å²) in [6.45, 7) is 5.42. The molecular weight excluding hydrogens is 352 g/mol. The van der Waals surface area contributed by atoms with Gasteiger partial charge in [-0.25, -0.2) is 0 Å². The first-order valence-electron chi connectivity index (χ1n) is 8.71. The van der Waals surface area contributed by atoms with Gasteiger partial charge in [0.2, 0.25) is 5.91 Å². The van der Waals surface area contributed by atoms with Crippen molar-refractivity contribution in [2.75, 3.05) is 32.8 Å². The Kier molecular flexibility index (Phi) is 6.50. The highest BCUT2D eigenvalue weighted by atomic mass is 35.5. The molecule has 1 aliphatic rings. The summed E-state index contributed by atoms with van der Waals surface area (Å²) in [6.07, 6.45) is 3.28. The first-order valence-corrected chi connectivity index (χ1v) is 9.09. The lowest BCUT2D eigenvalue weighted by molar-refractivity contribution is -0.116. The van der Waals surface area contributed by atoms with Gasteiger partial charge in [-0.3, -0.25) is 9.69 Å². The summed E-state index contributed by atoms with van der Waals surface area (Å²) in [4.78, 5) is 14.5. The normalized spacial score (nSPS) is 16.7. The van der Waals surface area contributed by atoms with Gasteiger partial charge in [0.05, 0.1) is 19.3 Å². The minimum Gasteiger partial charge on any atom is -0.465 e. The fraction of sp³-hybridized carbons (Fsp3) is 0.350. The van der Waals surface area contributed by atoms with Gasteiger partial charge in [0.1, 0.15) is 11.5 Å². The molecule has 138 valence electrons. The van der Waals surface area contributed by atoms with Gasteiger partial charge in [0.25, 0.3) is 0 Å². The Labute approximate surface area is 158 Å². The lowest BCUT2D eigenvalue weighted by Crippen LogP contribution is -2.43. The highest BCUT2D eigenvalue weighted by Crippen LogP contribution is 2.23. The van der Waals surface area contributed by atoms with E-state index < -0.39 is 0 Å². The van der Waals surface area contributed by atoms with Crippen molar-refractivity contribution in [1.29, 1.82) is 0 Å². The number of halogens is 1. The molecule has 2 heterocycles. The minimum absolute atomic E-state index is 0.00359. The molecule has 1 unspecified atom stereocenters. The molecule has 6 heteroatoms. The molecule has 0 spiro atoms. The van der Waals surface area contributed by atoms with E-state index >= 15 is 0 Å². The quantitative estimate of drug-likeness (QED) is 0.787. The van der Waals surface area contributed by atoms with Crippen LogP contribution in [-0.4, -0.2) is 43.7 Å². The molecule has 2 aromatic rings. The largest absolute Gasteiger partial charge is 0.465 e. The summed E-state index contributed by atoms with van der Waals surface area (Å²) >= 11 is 5.96. The summed E-state index contributed by atoms with van der Waals surface area (Å²) in [5.41, 5.74) is 0.888. The average Bonchev–Trinajstić information content (AvgIpc) is 3.07. The molecule has 1 aromatic heterocycles. The number of furan rings is 1. The van der Waals surface area contributed by atoms with Crippen LogP contribution in [0.1, 0.15) is 23.1 Å². The van der Waals surface area contributed by atoms with E-state index in [9.17, 15) is 4.79 Å². The van der Waals surface area contributed by atoms with Crippen LogP contribution in [0.4, 0.5) is 0 Å². The van der Waals surface area contributed by atoms with Gasteiger partial charge < -0.3 is 14.5 Å². The molecule has 1 fully saturated rings. The predicted molar refractivity (Wildman–Crippen MR) is 102 cm³/mol. The second kappa shape index (κ2) is 9.03. The van der Waals surface area contributed by atoms with E-state index in [1.165, 1.54) is 6.08 Å². The molecule has 5 nitrogen and oxygen atoms in total. The number of benzene rings is 1. The van der Waals surface area contributed by atoms with E-state index in [2.05, 4.69) is 10.2 Å². The number of nitrogens with zero attached hydrogens (tertiary/aromatic N) is 1. The van der Waals surface area contributed by atoms with Crippen molar-refractivity contribution in [3.63, 3.8) is 0 Å². The summed E-state index contributed by atoms with van der Waals surface area (Å²) in [5, 5.41) is 3.62. The number of amides is 1. The van der Waals surface area contributed by atoms with E-state index in [1.54, 1.807) is 12.1 Å². The smallest absolute Gasteiger partial charge is 0.244 e. The molecule has 1 aromatic carbocycles. The topological polar surface area (TPSA) is 54.7 Å². The lowest BCUT2D eigenvalue weighted by atomic mass is 10.1. The molecular formula is C20H23ClN2O3. The number of nitrogens with one attached hydrogen (secondary N) is 1. The number of morpholine rings is 1. The van der Waals surface area contributed by atoms with Crippen molar-refractivity contribution in [3.8, 4) is 0 Å². The highest BCUT2D eigenvalue weighted by molar-refractivity contribution is 6.30.